The van der Waals surface area contributed by atoms with Crippen LogP contribution in [0.25, 0.3) is 11.2 Å². The third kappa shape index (κ3) is 3.61. The first-order chi connectivity index (χ1) is 13.2. The van der Waals surface area contributed by atoms with Crippen LogP contribution in [0, 0.1) is 0 Å². The number of H-pyrrole nitrogens is 1. The minimum Gasteiger partial charge on any atom is -0.340 e. The molecule has 0 aliphatic carbocycles. The Balaban J connectivity index is 1.66. The molecule has 154 valence electrons. The molecule has 3 rings (SSSR count). The number of imidazole rings is 1. The van der Waals surface area contributed by atoms with Gasteiger partial charge in [0.2, 0.25) is 15.9 Å². The number of aromatic nitrogens is 4. The smallest absolute Gasteiger partial charge is 0.332 e. The van der Waals surface area contributed by atoms with Crippen molar-refractivity contribution in [1.29, 1.82) is 0 Å². The molecule has 0 spiro atoms. The molecule has 12 heteroatoms. The van der Waals surface area contributed by atoms with E-state index in [9.17, 15) is 22.8 Å². The fraction of sp³-hybridized carbons (Fsp3) is 0.625. The van der Waals surface area contributed by atoms with Crippen LogP contribution in [0.3, 0.4) is 0 Å². The molecular formula is C16H24N6O5S. The van der Waals surface area contributed by atoms with Crippen molar-refractivity contribution in [1.82, 2.24) is 28.3 Å². The number of fused-ring (bicyclic) bond motifs is 1. The van der Waals surface area contributed by atoms with Crippen molar-refractivity contribution in [3.63, 3.8) is 0 Å². The molecular weight excluding hydrogens is 388 g/mol. The zero-order valence-electron chi connectivity index (χ0n) is 16.1. The predicted molar refractivity (Wildman–Crippen MR) is 103 cm³/mol. The van der Waals surface area contributed by atoms with Gasteiger partial charge in [-0.15, -0.1) is 0 Å². The molecule has 1 amide bonds. The van der Waals surface area contributed by atoms with Crippen molar-refractivity contribution in [2.24, 2.45) is 14.1 Å². The van der Waals surface area contributed by atoms with E-state index in [0.717, 1.165) is 4.57 Å². The minimum absolute atomic E-state index is 0.0506. The Morgan fingerprint density at radius 2 is 1.75 bits per heavy atom. The fourth-order valence-corrected chi connectivity index (χ4v) is 4.36. The lowest BCUT2D eigenvalue weighted by molar-refractivity contribution is -0.132. The summed E-state index contributed by atoms with van der Waals surface area (Å²) in [6.07, 6.45) is 0.465. The van der Waals surface area contributed by atoms with Gasteiger partial charge in [0, 0.05) is 53.1 Å². The summed E-state index contributed by atoms with van der Waals surface area (Å²) in [5, 5.41) is 0. The first-order valence-electron chi connectivity index (χ1n) is 9.06. The number of nitrogens with one attached hydrogen (secondary N) is 1. The summed E-state index contributed by atoms with van der Waals surface area (Å²) in [6, 6.07) is 0. The second kappa shape index (κ2) is 7.51. The van der Waals surface area contributed by atoms with Crippen LogP contribution in [-0.4, -0.2) is 74.6 Å². The highest BCUT2D eigenvalue weighted by Gasteiger charge is 2.27. The van der Waals surface area contributed by atoms with Gasteiger partial charge in [0.05, 0.1) is 5.75 Å². The van der Waals surface area contributed by atoms with Crippen LogP contribution < -0.4 is 11.2 Å². The average Bonchev–Trinajstić information content (AvgIpc) is 3.13. The quantitative estimate of drug-likeness (QED) is 0.629. The van der Waals surface area contributed by atoms with Gasteiger partial charge in [-0.25, -0.2) is 18.2 Å². The molecule has 0 aromatic carbocycles. The minimum atomic E-state index is -3.23. The molecule has 1 aliphatic rings. The maximum absolute atomic E-state index is 12.4. The number of piperazine rings is 1. The number of aromatic amines is 1. The Kier molecular flexibility index (Phi) is 5.44. The fourth-order valence-electron chi connectivity index (χ4n) is 3.27. The molecule has 2 aromatic heterocycles. The number of nitrogens with zero attached hydrogens (tertiary/aromatic N) is 5. The summed E-state index contributed by atoms with van der Waals surface area (Å²) < 4.78 is 27.5. The molecule has 28 heavy (non-hydrogen) atoms. The highest BCUT2D eigenvalue weighted by atomic mass is 32.2. The van der Waals surface area contributed by atoms with E-state index in [2.05, 4.69) is 9.97 Å². The Morgan fingerprint density at radius 1 is 1.11 bits per heavy atom. The summed E-state index contributed by atoms with van der Waals surface area (Å²) in [6.45, 7) is 2.90. The van der Waals surface area contributed by atoms with Gasteiger partial charge in [0.1, 0.15) is 11.3 Å². The van der Waals surface area contributed by atoms with Gasteiger partial charge in [0.15, 0.2) is 5.65 Å². The van der Waals surface area contributed by atoms with Gasteiger partial charge in [-0.05, 0) is 6.92 Å². The molecule has 1 aliphatic heterocycles. The monoisotopic (exact) mass is 412 g/mol. The SMILES string of the molecule is CCS(=O)(=O)N1CCN(C(=O)CCc2nc3c([nH]2)c(=O)n(C)c(=O)n3C)CC1. The number of amides is 1. The number of aryl methyl sites for hydroxylation is 2. The van der Waals surface area contributed by atoms with Gasteiger partial charge < -0.3 is 9.88 Å². The molecule has 11 nitrogen and oxygen atoms in total. The molecule has 0 saturated carbocycles. The number of rotatable bonds is 5. The summed E-state index contributed by atoms with van der Waals surface area (Å²) in [7, 11) is -0.308. The predicted octanol–water partition coefficient (Wildman–Crippen LogP) is -1.61. The summed E-state index contributed by atoms with van der Waals surface area (Å²) in [5.41, 5.74) is -0.442. The van der Waals surface area contributed by atoms with Crippen LogP contribution in [-0.2, 0) is 35.3 Å². The van der Waals surface area contributed by atoms with Crippen LogP contribution in [0.2, 0.25) is 0 Å². The molecule has 0 bridgehead atoms. The van der Waals surface area contributed by atoms with E-state index >= 15 is 0 Å². The van der Waals surface area contributed by atoms with Gasteiger partial charge in [-0.1, -0.05) is 0 Å². The Labute approximate surface area is 161 Å². The summed E-state index contributed by atoms with van der Waals surface area (Å²) in [4.78, 5) is 45.4. The van der Waals surface area contributed by atoms with Crippen molar-refractivity contribution >= 4 is 27.1 Å². The van der Waals surface area contributed by atoms with Gasteiger partial charge in [0.25, 0.3) is 5.56 Å². The first kappa shape index (κ1) is 20.3. The molecule has 0 radical (unpaired) electrons. The molecule has 0 unspecified atom stereocenters. The normalized spacial score (nSPS) is 16.0. The van der Waals surface area contributed by atoms with Crippen molar-refractivity contribution in [2.75, 3.05) is 31.9 Å². The number of carbonyl (C=O) groups is 1. The highest BCUT2D eigenvalue weighted by Crippen LogP contribution is 2.11. The van der Waals surface area contributed by atoms with E-state index in [-0.39, 0.29) is 29.2 Å². The zero-order chi connectivity index (χ0) is 20.6. The molecule has 1 saturated heterocycles. The van der Waals surface area contributed by atoms with E-state index in [1.807, 2.05) is 0 Å². The lowest BCUT2D eigenvalue weighted by atomic mass is 10.2. The first-order valence-corrected chi connectivity index (χ1v) is 10.7. The lowest BCUT2D eigenvalue weighted by Gasteiger charge is -2.33. The number of hydrogen-bond donors (Lipinski definition) is 1. The van der Waals surface area contributed by atoms with Gasteiger partial charge in [-0.2, -0.15) is 4.31 Å². The van der Waals surface area contributed by atoms with Crippen LogP contribution in [0.1, 0.15) is 19.2 Å². The van der Waals surface area contributed by atoms with E-state index in [1.54, 1.807) is 11.8 Å². The summed E-state index contributed by atoms with van der Waals surface area (Å²) in [5.74, 6) is 0.402. The highest BCUT2D eigenvalue weighted by molar-refractivity contribution is 7.89. The number of hydrogen-bond acceptors (Lipinski definition) is 6. The van der Waals surface area contributed by atoms with Crippen LogP contribution >= 0.6 is 0 Å². The third-order valence-electron chi connectivity index (χ3n) is 5.07. The molecule has 1 fully saturated rings. The second-order valence-electron chi connectivity index (χ2n) is 6.77. The molecule has 0 atom stereocenters. The standard InChI is InChI=1S/C16H24N6O5S/c1-4-28(26,27)22-9-7-21(8-10-22)12(23)6-5-11-17-13-14(18-11)19(2)16(25)20(3)15(13)24/h4-10H2,1-3H3,(H,17,18). The van der Waals surface area contributed by atoms with Crippen molar-refractivity contribution in [3.05, 3.63) is 26.7 Å². The number of sulfonamides is 1. The Morgan fingerprint density at radius 3 is 2.36 bits per heavy atom. The maximum Gasteiger partial charge on any atom is 0.332 e. The second-order valence-corrected chi connectivity index (χ2v) is 9.03. The van der Waals surface area contributed by atoms with Crippen LogP contribution in [0.15, 0.2) is 9.59 Å². The van der Waals surface area contributed by atoms with Crippen LogP contribution in [0.5, 0.6) is 0 Å². The van der Waals surface area contributed by atoms with Crippen molar-refractivity contribution in [3.8, 4) is 0 Å². The zero-order valence-corrected chi connectivity index (χ0v) is 17.0. The third-order valence-corrected chi connectivity index (χ3v) is 6.95. The Hall–Kier alpha value is -2.47. The van der Waals surface area contributed by atoms with Gasteiger partial charge in [-0.3, -0.25) is 18.7 Å². The maximum atomic E-state index is 12.4. The number of carbonyl (C=O) groups excluding carboxylic acids is 1. The molecule has 3 heterocycles. The van der Waals surface area contributed by atoms with Crippen LogP contribution in [0.4, 0.5) is 0 Å². The van der Waals surface area contributed by atoms with E-state index in [0.29, 0.717) is 38.4 Å². The summed E-state index contributed by atoms with van der Waals surface area (Å²) >= 11 is 0. The van der Waals surface area contributed by atoms with E-state index in [4.69, 9.17) is 0 Å². The van der Waals surface area contributed by atoms with Crippen molar-refractivity contribution < 1.29 is 13.2 Å². The van der Waals surface area contributed by atoms with Gasteiger partial charge >= 0.3 is 5.69 Å². The van der Waals surface area contributed by atoms with E-state index in [1.165, 1.54) is 23.0 Å². The Bertz CT molecular complexity index is 1120. The van der Waals surface area contributed by atoms with Crippen molar-refractivity contribution in [2.45, 2.75) is 19.8 Å². The molecule has 2 aromatic rings. The topological polar surface area (TPSA) is 130 Å². The average molecular weight is 412 g/mol. The molecule has 1 N–H and O–H groups in total. The largest absolute Gasteiger partial charge is 0.340 e. The lowest BCUT2D eigenvalue weighted by Crippen LogP contribution is -2.50. The van der Waals surface area contributed by atoms with E-state index < -0.39 is 21.3 Å².